The van der Waals surface area contributed by atoms with Gasteiger partial charge in [-0.3, -0.25) is 4.98 Å². The Morgan fingerprint density at radius 2 is 2.18 bits per heavy atom. The lowest BCUT2D eigenvalue weighted by molar-refractivity contribution is 0.109. The molecule has 0 aliphatic carbocycles. The maximum atomic E-state index is 10.1. The largest absolute Gasteiger partial charge is 0.385 e. The van der Waals surface area contributed by atoms with Crippen LogP contribution in [0.4, 0.5) is 0 Å². The molecule has 0 amide bonds. The Kier molecular flexibility index (Phi) is 4.08. The van der Waals surface area contributed by atoms with E-state index in [2.05, 4.69) is 16.0 Å². The first-order valence-electron chi connectivity index (χ1n) is 6.02. The Morgan fingerprint density at radius 3 is 2.76 bits per heavy atom. The van der Waals surface area contributed by atoms with E-state index in [1.165, 1.54) is 12.8 Å². The first-order valence-corrected chi connectivity index (χ1v) is 6.02. The van der Waals surface area contributed by atoms with Gasteiger partial charge in [-0.1, -0.05) is 6.07 Å². The van der Waals surface area contributed by atoms with Crippen molar-refractivity contribution < 1.29 is 5.11 Å². The first kappa shape index (κ1) is 12.0. The van der Waals surface area contributed by atoms with Crippen molar-refractivity contribution >= 4 is 0 Å². The molecule has 17 heavy (non-hydrogen) atoms. The number of hydrogen-bond acceptors (Lipinski definition) is 4. The number of pyridine rings is 1. The van der Waals surface area contributed by atoms with Gasteiger partial charge >= 0.3 is 0 Å². The number of rotatable bonds is 4. The van der Waals surface area contributed by atoms with Crippen molar-refractivity contribution in [3.63, 3.8) is 0 Å². The van der Waals surface area contributed by atoms with Gasteiger partial charge in [0.15, 0.2) is 0 Å². The summed E-state index contributed by atoms with van der Waals surface area (Å²) < 4.78 is 0. The van der Waals surface area contributed by atoms with Crippen molar-refractivity contribution in [3.05, 3.63) is 30.1 Å². The van der Waals surface area contributed by atoms with E-state index in [0.717, 1.165) is 13.1 Å². The van der Waals surface area contributed by atoms with Gasteiger partial charge < -0.3 is 10.0 Å². The molecular formula is C13H17N3O. The molecular weight excluding hydrogens is 214 g/mol. The summed E-state index contributed by atoms with van der Waals surface area (Å²) >= 11 is 0. The molecule has 0 radical (unpaired) electrons. The summed E-state index contributed by atoms with van der Waals surface area (Å²) in [5, 5.41) is 19.3. The Bertz CT molecular complexity index is 381. The van der Waals surface area contributed by atoms with Gasteiger partial charge in [-0.2, -0.15) is 5.26 Å². The highest BCUT2D eigenvalue weighted by atomic mass is 16.3. The minimum Gasteiger partial charge on any atom is -0.385 e. The third-order valence-electron chi connectivity index (χ3n) is 3.19. The molecule has 0 spiro atoms. The van der Waals surface area contributed by atoms with Gasteiger partial charge in [0.1, 0.15) is 6.10 Å². The van der Waals surface area contributed by atoms with Crippen LogP contribution in [0.2, 0.25) is 0 Å². The summed E-state index contributed by atoms with van der Waals surface area (Å²) in [6.45, 7) is 2.70. The predicted molar refractivity (Wildman–Crippen MR) is 64.0 cm³/mol. The molecule has 1 aliphatic rings. The molecule has 0 saturated carbocycles. The average Bonchev–Trinajstić information content (AvgIpc) is 2.89. The minimum atomic E-state index is -0.790. The number of aliphatic hydroxyl groups excluding tert-OH is 1. The zero-order valence-electron chi connectivity index (χ0n) is 9.79. The lowest BCUT2D eigenvalue weighted by Gasteiger charge is -2.22. The summed E-state index contributed by atoms with van der Waals surface area (Å²) in [6, 6.07) is 7.59. The van der Waals surface area contributed by atoms with Gasteiger partial charge in [0.25, 0.3) is 0 Å². The van der Waals surface area contributed by atoms with Crippen LogP contribution in [-0.4, -0.2) is 34.6 Å². The number of nitrogens with zero attached hydrogens (tertiary/aromatic N) is 3. The fraction of sp³-hybridized carbons (Fsp3) is 0.538. The molecule has 4 heteroatoms. The highest BCUT2D eigenvalue weighted by Crippen LogP contribution is 2.22. The number of hydrogen-bond donors (Lipinski definition) is 1. The van der Waals surface area contributed by atoms with Crippen molar-refractivity contribution in [2.75, 3.05) is 19.6 Å². The lowest BCUT2D eigenvalue weighted by Crippen LogP contribution is -2.29. The molecule has 90 valence electrons. The van der Waals surface area contributed by atoms with E-state index in [1.807, 2.05) is 6.07 Å². The van der Waals surface area contributed by atoms with Crippen LogP contribution in [0, 0.1) is 17.2 Å². The van der Waals surface area contributed by atoms with Crippen LogP contribution in [-0.2, 0) is 0 Å². The van der Waals surface area contributed by atoms with Crippen molar-refractivity contribution in [3.8, 4) is 6.07 Å². The van der Waals surface area contributed by atoms with E-state index in [4.69, 9.17) is 5.26 Å². The van der Waals surface area contributed by atoms with Gasteiger partial charge in [-0.15, -0.1) is 0 Å². The Hall–Kier alpha value is -1.44. The van der Waals surface area contributed by atoms with E-state index in [9.17, 15) is 5.11 Å². The van der Waals surface area contributed by atoms with E-state index >= 15 is 0 Å². The number of likely N-dealkylation sites (tertiary alicyclic amines) is 1. The Morgan fingerprint density at radius 1 is 1.41 bits per heavy atom. The van der Waals surface area contributed by atoms with Crippen LogP contribution in [0.3, 0.4) is 0 Å². The normalized spacial score (nSPS) is 19.8. The fourth-order valence-electron chi connectivity index (χ4n) is 2.21. The summed E-state index contributed by atoms with van der Waals surface area (Å²) in [5.74, 6) is -0.400. The molecule has 1 N–H and O–H groups in total. The molecule has 0 aromatic carbocycles. The van der Waals surface area contributed by atoms with Crippen LogP contribution in [0.5, 0.6) is 0 Å². The van der Waals surface area contributed by atoms with Crippen molar-refractivity contribution in [1.29, 1.82) is 5.26 Å². The second kappa shape index (κ2) is 5.76. The van der Waals surface area contributed by atoms with E-state index in [1.54, 1.807) is 18.3 Å². The molecule has 1 aliphatic heterocycles. The summed E-state index contributed by atoms with van der Waals surface area (Å²) in [4.78, 5) is 6.34. The molecule has 0 bridgehead atoms. The Balaban J connectivity index is 2.00. The molecule has 2 atom stereocenters. The van der Waals surface area contributed by atoms with Gasteiger partial charge in [-0.05, 0) is 38.1 Å². The zero-order chi connectivity index (χ0) is 12.1. The monoisotopic (exact) mass is 231 g/mol. The van der Waals surface area contributed by atoms with Gasteiger partial charge in [0, 0.05) is 12.7 Å². The molecule has 1 saturated heterocycles. The lowest BCUT2D eigenvalue weighted by atomic mass is 10.0. The summed E-state index contributed by atoms with van der Waals surface area (Å²) in [6.07, 6.45) is 3.24. The summed E-state index contributed by atoms with van der Waals surface area (Å²) in [7, 11) is 0. The van der Waals surface area contributed by atoms with E-state index in [0.29, 0.717) is 12.2 Å². The van der Waals surface area contributed by atoms with Crippen molar-refractivity contribution in [2.45, 2.75) is 18.9 Å². The van der Waals surface area contributed by atoms with Crippen LogP contribution in [0.25, 0.3) is 0 Å². The predicted octanol–water partition coefficient (Wildman–Crippen LogP) is 1.35. The molecule has 1 fully saturated rings. The third-order valence-corrected chi connectivity index (χ3v) is 3.19. The van der Waals surface area contributed by atoms with E-state index < -0.39 is 12.0 Å². The molecule has 4 nitrogen and oxygen atoms in total. The number of aliphatic hydroxyl groups is 1. The first-order chi connectivity index (χ1) is 8.31. The SMILES string of the molecule is N#CC(CN1CCCC1)C(O)c1ccccn1. The second-order valence-corrected chi connectivity index (χ2v) is 4.44. The number of aromatic nitrogens is 1. The minimum absolute atomic E-state index is 0.400. The highest BCUT2D eigenvalue weighted by molar-refractivity contribution is 5.10. The molecule has 2 unspecified atom stereocenters. The molecule has 2 rings (SSSR count). The summed E-state index contributed by atoms with van der Waals surface area (Å²) in [5.41, 5.74) is 0.582. The molecule has 2 heterocycles. The number of nitriles is 1. The van der Waals surface area contributed by atoms with Crippen molar-refractivity contribution in [1.82, 2.24) is 9.88 Å². The Labute approximate surface area is 102 Å². The van der Waals surface area contributed by atoms with Crippen LogP contribution in [0.1, 0.15) is 24.6 Å². The maximum absolute atomic E-state index is 10.1. The van der Waals surface area contributed by atoms with E-state index in [-0.39, 0.29) is 0 Å². The van der Waals surface area contributed by atoms with Crippen molar-refractivity contribution in [2.24, 2.45) is 5.92 Å². The van der Waals surface area contributed by atoms with Gasteiger partial charge in [0.05, 0.1) is 17.7 Å². The fourth-order valence-corrected chi connectivity index (χ4v) is 2.21. The highest BCUT2D eigenvalue weighted by Gasteiger charge is 2.25. The molecule has 1 aromatic rings. The van der Waals surface area contributed by atoms with Crippen LogP contribution in [0.15, 0.2) is 24.4 Å². The zero-order valence-corrected chi connectivity index (χ0v) is 9.79. The topological polar surface area (TPSA) is 60.2 Å². The average molecular weight is 231 g/mol. The third kappa shape index (κ3) is 3.02. The standard InChI is InChI=1S/C13H17N3O/c14-9-11(10-16-7-3-4-8-16)13(17)12-5-1-2-6-15-12/h1-2,5-6,11,13,17H,3-4,7-8,10H2. The van der Waals surface area contributed by atoms with Crippen LogP contribution < -0.4 is 0 Å². The second-order valence-electron chi connectivity index (χ2n) is 4.44. The van der Waals surface area contributed by atoms with Gasteiger partial charge in [0.2, 0.25) is 0 Å². The smallest absolute Gasteiger partial charge is 0.113 e. The maximum Gasteiger partial charge on any atom is 0.113 e. The van der Waals surface area contributed by atoms with Gasteiger partial charge in [-0.25, -0.2) is 0 Å². The quantitative estimate of drug-likeness (QED) is 0.849. The molecule has 1 aromatic heterocycles. The van der Waals surface area contributed by atoms with Crippen LogP contribution >= 0.6 is 0 Å².